The summed E-state index contributed by atoms with van der Waals surface area (Å²) in [6.07, 6.45) is -1.23. The highest BCUT2D eigenvalue weighted by Gasteiger charge is 2.36. The quantitative estimate of drug-likeness (QED) is 0.286. The Morgan fingerprint density at radius 2 is 0.951 bits per heavy atom. The maximum Gasteiger partial charge on any atom is 0.419 e. The van der Waals surface area contributed by atoms with E-state index in [2.05, 4.69) is 24.3 Å². The highest BCUT2D eigenvalue weighted by atomic mass is 16.6. The molecule has 0 saturated heterocycles. The number of hydrogen-bond donors (Lipinski definition) is 2. The highest BCUT2D eigenvalue weighted by Crippen LogP contribution is 2.45. The van der Waals surface area contributed by atoms with E-state index in [1.165, 1.54) is 0 Å². The molecule has 2 amide bonds. The Bertz CT molecular complexity index is 1380. The van der Waals surface area contributed by atoms with Crippen molar-refractivity contribution in [2.75, 3.05) is 26.3 Å². The van der Waals surface area contributed by atoms with Crippen molar-refractivity contribution in [1.29, 1.82) is 0 Å². The normalized spacial score (nSPS) is 14.0. The molecule has 0 fully saturated rings. The minimum atomic E-state index is -0.784. The van der Waals surface area contributed by atoms with E-state index in [9.17, 15) is 9.59 Å². The number of carbonyl (C=O) groups is 2. The SMILES string of the molecule is NCCC(CN)N(C(=O)OCC1c2ccccc2-c2ccccc21)C(=O)OCC1c2ccccc2-c2ccccc21. The van der Waals surface area contributed by atoms with Gasteiger partial charge in [-0.1, -0.05) is 97.1 Å². The Morgan fingerprint density at radius 1 is 0.610 bits per heavy atom. The lowest BCUT2D eigenvalue weighted by molar-refractivity contribution is 0.0603. The van der Waals surface area contributed by atoms with Crippen molar-refractivity contribution in [1.82, 2.24) is 4.90 Å². The molecule has 0 saturated carbocycles. The molecule has 41 heavy (non-hydrogen) atoms. The zero-order valence-electron chi connectivity index (χ0n) is 22.7. The van der Waals surface area contributed by atoms with Crippen LogP contribution < -0.4 is 11.5 Å². The van der Waals surface area contributed by atoms with Gasteiger partial charge in [0.05, 0.1) is 6.04 Å². The molecule has 0 heterocycles. The molecule has 208 valence electrons. The molecule has 4 N–H and O–H groups in total. The van der Waals surface area contributed by atoms with E-state index >= 15 is 0 Å². The van der Waals surface area contributed by atoms with Gasteiger partial charge in [-0.2, -0.15) is 0 Å². The number of benzene rings is 4. The van der Waals surface area contributed by atoms with Gasteiger partial charge in [0.15, 0.2) is 0 Å². The largest absolute Gasteiger partial charge is 0.448 e. The standard InChI is InChI=1S/C34H33N3O4/c35-18-17-22(19-36)37(33(38)40-20-31-27-13-5-1-9-23(27)24-10-2-6-14-28(24)31)34(39)41-21-32-29-15-7-3-11-25(29)26-12-4-8-16-30(26)32/h1-16,22,31-32H,17-21,35-36H2. The Morgan fingerprint density at radius 3 is 1.27 bits per heavy atom. The van der Waals surface area contributed by atoms with Gasteiger partial charge < -0.3 is 20.9 Å². The molecular weight excluding hydrogens is 514 g/mol. The van der Waals surface area contributed by atoms with Crippen LogP contribution in [0.25, 0.3) is 22.3 Å². The number of imide groups is 1. The molecule has 4 aromatic carbocycles. The molecule has 0 aliphatic heterocycles. The number of fused-ring (bicyclic) bond motifs is 6. The van der Waals surface area contributed by atoms with Crippen LogP contribution in [0.15, 0.2) is 97.1 Å². The molecule has 2 aliphatic carbocycles. The van der Waals surface area contributed by atoms with Gasteiger partial charge >= 0.3 is 12.2 Å². The summed E-state index contributed by atoms with van der Waals surface area (Å²) < 4.78 is 11.7. The fraction of sp³-hybridized carbons (Fsp3) is 0.235. The minimum Gasteiger partial charge on any atom is -0.448 e. The molecule has 4 aromatic rings. The maximum atomic E-state index is 13.5. The van der Waals surface area contributed by atoms with Crippen LogP contribution in [-0.4, -0.2) is 49.4 Å². The van der Waals surface area contributed by atoms with Crippen LogP contribution in [0.1, 0.15) is 40.5 Å². The second-order valence-corrected chi connectivity index (χ2v) is 10.4. The summed E-state index contributed by atoms with van der Waals surface area (Å²) in [6.45, 7) is 0.469. The van der Waals surface area contributed by atoms with E-state index in [1.807, 2.05) is 72.8 Å². The minimum absolute atomic E-state index is 0.0472. The predicted octanol–water partition coefficient (Wildman–Crippen LogP) is 5.86. The molecule has 6 rings (SSSR count). The molecule has 0 aromatic heterocycles. The predicted molar refractivity (Wildman–Crippen MR) is 158 cm³/mol. The third kappa shape index (κ3) is 4.88. The van der Waals surface area contributed by atoms with E-state index in [0.717, 1.165) is 49.4 Å². The second-order valence-electron chi connectivity index (χ2n) is 10.4. The van der Waals surface area contributed by atoms with Gasteiger partial charge in [-0.15, -0.1) is 0 Å². The van der Waals surface area contributed by atoms with Gasteiger partial charge in [-0.05, 0) is 57.5 Å². The summed E-state index contributed by atoms with van der Waals surface area (Å²) in [5.41, 5.74) is 20.7. The summed E-state index contributed by atoms with van der Waals surface area (Å²) in [7, 11) is 0. The average molecular weight is 548 g/mol. The van der Waals surface area contributed by atoms with Crippen LogP contribution >= 0.6 is 0 Å². The number of nitrogens with two attached hydrogens (primary N) is 2. The average Bonchev–Trinajstić information content (AvgIpc) is 3.51. The first-order chi connectivity index (χ1) is 20.1. The number of amides is 2. The fourth-order valence-corrected chi connectivity index (χ4v) is 6.24. The van der Waals surface area contributed by atoms with Gasteiger partial charge in [0.1, 0.15) is 13.2 Å². The van der Waals surface area contributed by atoms with Crippen molar-refractivity contribution in [2.24, 2.45) is 11.5 Å². The Labute approximate surface area is 239 Å². The Kier molecular flexibility index (Phi) is 7.55. The van der Waals surface area contributed by atoms with Crippen LogP contribution in [0.2, 0.25) is 0 Å². The Hall–Kier alpha value is -4.46. The number of rotatable bonds is 8. The van der Waals surface area contributed by atoms with E-state index < -0.39 is 18.2 Å². The van der Waals surface area contributed by atoms with Gasteiger partial charge in [0, 0.05) is 18.4 Å². The smallest absolute Gasteiger partial charge is 0.419 e. The molecule has 1 unspecified atom stereocenters. The van der Waals surface area contributed by atoms with Crippen molar-refractivity contribution >= 4 is 12.2 Å². The van der Waals surface area contributed by atoms with Crippen LogP contribution in [0.3, 0.4) is 0 Å². The third-order valence-corrected chi connectivity index (χ3v) is 8.20. The highest BCUT2D eigenvalue weighted by molar-refractivity contribution is 5.89. The van der Waals surface area contributed by atoms with Gasteiger partial charge in [-0.25, -0.2) is 14.5 Å². The molecule has 7 nitrogen and oxygen atoms in total. The van der Waals surface area contributed by atoms with Crippen molar-refractivity contribution in [2.45, 2.75) is 24.3 Å². The van der Waals surface area contributed by atoms with E-state index in [1.54, 1.807) is 0 Å². The topological polar surface area (TPSA) is 108 Å². The lowest BCUT2D eigenvalue weighted by Crippen LogP contribution is -2.49. The monoisotopic (exact) mass is 547 g/mol. The summed E-state index contributed by atoms with van der Waals surface area (Å²) in [4.78, 5) is 28.1. The zero-order valence-corrected chi connectivity index (χ0v) is 22.7. The Balaban J connectivity index is 1.20. The van der Waals surface area contributed by atoms with Crippen molar-refractivity contribution in [3.05, 3.63) is 119 Å². The van der Waals surface area contributed by atoms with Crippen molar-refractivity contribution < 1.29 is 19.1 Å². The molecule has 0 spiro atoms. The summed E-state index contributed by atoms with van der Waals surface area (Å²) >= 11 is 0. The fourth-order valence-electron chi connectivity index (χ4n) is 6.24. The number of ether oxygens (including phenoxy) is 2. The summed E-state index contributed by atoms with van der Waals surface area (Å²) in [5.74, 6) is -0.275. The van der Waals surface area contributed by atoms with Crippen LogP contribution in [-0.2, 0) is 9.47 Å². The first-order valence-corrected chi connectivity index (χ1v) is 14.0. The zero-order chi connectivity index (χ0) is 28.3. The van der Waals surface area contributed by atoms with Crippen molar-refractivity contribution in [3.63, 3.8) is 0 Å². The molecule has 0 radical (unpaired) electrons. The second kappa shape index (κ2) is 11.6. The first kappa shape index (κ1) is 26.7. The molecule has 2 aliphatic rings. The summed E-state index contributed by atoms with van der Waals surface area (Å²) in [5, 5.41) is 0. The number of hydrogen-bond acceptors (Lipinski definition) is 6. The molecule has 1 atom stereocenters. The lowest BCUT2D eigenvalue weighted by atomic mass is 9.98. The lowest BCUT2D eigenvalue weighted by Gasteiger charge is -2.28. The van der Waals surface area contributed by atoms with E-state index in [0.29, 0.717) is 6.42 Å². The van der Waals surface area contributed by atoms with Crippen LogP contribution in [0.5, 0.6) is 0 Å². The van der Waals surface area contributed by atoms with Crippen LogP contribution in [0, 0.1) is 0 Å². The summed E-state index contributed by atoms with van der Waals surface area (Å²) in [6, 6.07) is 31.8. The van der Waals surface area contributed by atoms with E-state index in [4.69, 9.17) is 20.9 Å². The van der Waals surface area contributed by atoms with Gasteiger partial charge in [-0.3, -0.25) is 0 Å². The van der Waals surface area contributed by atoms with Gasteiger partial charge in [0.2, 0.25) is 0 Å². The van der Waals surface area contributed by atoms with Gasteiger partial charge in [0.25, 0.3) is 0 Å². The third-order valence-electron chi connectivity index (χ3n) is 8.20. The number of nitrogens with zero attached hydrogens (tertiary/aromatic N) is 1. The molecule has 7 heteroatoms. The molecule has 0 bridgehead atoms. The molecular formula is C34H33N3O4. The maximum absolute atomic E-state index is 13.5. The van der Waals surface area contributed by atoms with E-state index in [-0.39, 0.29) is 38.1 Å². The van der Waals surface area contributed by atoms with Crippen LogP contribution in [0.4, 0.5) is 9.59 Å². The van der Waals surface area contributed by atoms with Crippen molar-refractivity contribution in [3.8, 4) is 22.3 Å². The number of carbonyl (C=O) groups excluding carboxylic acids is 2. The first-order valence-electron chi connectivity index (χ1n) is 14.0.